The molecule has 0 aromatic rings. The van der Waals surface area contributed by atoms with Crippen LogP contribution in [0.2, 0.25) is 0 Å². The number of carbonyl (C=O) groups excluding carboxylic acids is 1. The fourth-order valence-electron chi connectivity index (χ4n) is 2.15. The summed E-state index contributed by atoms with van der Waals surface area (Å²) >= 11 is 0. The van der Waals surface area contributed by atoms with E-state index in [1.54, 1.807) is 0 Å². The molecule has 13 heavy (non-hydrogen) atoms. The Hall–Kier alpha value is -0.530. The quantitative estimate of drug-likeness (QED) is 0.630. The second-order valence-electron chi connectivity index (χ2n) is 4.75. The smallest absolute Gasteiger partial charge is 0.293 e. The predicted molar refractivity (Wildman–Crippen MR) is 52.4 cm³/mol. The number of hydrogen-bond acceptors (Lipinski definition) is 2. The van der Waals surface area contributed by atoms with E-state index in [0.29, 0.717) is 6.47 Å². The van der Waals surface area contributed by atoms with Crippen molar-refractivity contribution in [3.05, 3.63) is 0 Å². The van der Waals surface area contributed by atoms with Crippen LogP contribution in [0.5, 0.6) is 0 Å². The van der Waals surface area contributed by atoms with Gasteiger partial charge < -0.3 is 4.74 Å². The Morgan fingerprint density at radius 1 is 1.38 bits per heavy atom. The molecule has 0 aromatic carbocycles. The van der Waals surface area contributed by atoms with Gasteiger partial charge in [-0.15, -0.1) is 0 Å². The first-order chi connectivity index (χ1) is 6.07. The van der Waals surface area contributed by atoms with E-state index in [4.69, 9.17) is 4.74 Å². The summed E-state index contributed by atoms with van der Waals surface area (Å²) in [7, 11) is 0. The SMILES string of the molecule is CC(C)C1CCC(C)(OC=O)CC1. The molecule has 1 rings (SSSR count). The lowest BCUT2D eigenvalue weighted by atomic mass is 9.75. The molecular weight excluding hydrogens is 164 g/mol. The second kappa shape index (κ2) is 4.12. The Morgan fingerprint density at radius 3 is 2.31 bits per heavy atom. The lowest BCUT2D eigenvalue weighted by Gasteiger charge is -2.37. The van der Waals surface area contributed by atoms with Crippen LogP contribution in [0.1, 0.15) is 46.5 Å². The van der Waals surface area contributed by atoms with Crippen LogP contribution in [0.4, 0.5) is 0 Å². The maximum absolute atomic E-state index is 10.3. The van der Waals surface area contributed by atoms with E-state index >= 15 is 0 Å². The normalized spacial score (nSPS) is 34.6. The summed E-state index contributed by atoms with van der Waals surface area (Å²) in [6.07, 6.45) is 4.44. The highest BCUT2D eigenvalue weighted by Gasteiger charge is 2.33. The minimum absolute atomic E-state index is 0.173. The summed E-state index contributed by atoms with van der Waals surface area (Å²) in [6, 6.07) is 0. The highest BCUT2D eigenvalue weighted by Crippen LogP contribution is 2.37. The van der Waals surface area contributed by atoms with Gasteiger partial charge in [0.15, 0.2) is 0 Å². The van der Waals surface area contributed by atoms with Crippen molar-refractivity contribution in [3.8, 4) is 0 Å². The molecule has 76 valence electrons. The van der Waals surface area contributed by atoms with Crippen molar-refractivity contribution >= 4 is 6.47 Å². The number of hydrogen-bond donors (Lipinski definition) is 0. The predicted octanol–water partition coefficient (Wildman–Crippen LogP) is 2.76. The summed E-state index contributed by atoms with van der Waals surface area (Å²) in [6.45, 7) is 7.18. The van der Waals surface area contributed by atoms with Gasteiger partial charge in [0.25, 0.3) is 6.47 Å². The van der Waals surface area contributed by atoms with E-state index in [1.807, 2.05) is 6.92 Å². The zero-order valence-electron chi connectivity index (χ0n) is 8.88. The van der Waals surface area contributed by atoms with Crippen molar-refractivity contribution in [2.75, 3.05) is 0 Å². The van der Waals surface area contributed by atoms with Crippen LogP contribution < -0.4 is 0 Å². The van der Waals surface area contributed by atoms with Crippen molar-refractivity contribution in [1.82, 2.24) is 0 Å². The molecule has 0 bridgehead atoms. The third-order valence-corrected chi connectivity index (χ3v) is 3.36. The maximum atomic E-state index is 10.3. The topological polar surface area (TPSA) is 26.3 Å². The molecule has 0 spiro atoms. The maximum Gasteiger partial charge on any atom is 0.293 e. The number of carbonyl (C=O) groups is 1. The monoisotopic (exact) mass is 184 g/mol. The fourth-order valence-corrected chi connectivity index (χ4v) is 2.15. The Kier molecular flexibility index (Phi) is 3.34. The van der Waals surface area contributed by atoms with E-state index in [-0.39, 0.29) is 5.60 Å². The zero-order chi connectivity index (χ0) is 9.90. The minimum Gasteiger partial charge on any atom is -0.462 e. The van der Waals surface area contributed by atoms with Gasteiger partial charge in [-0.25, -0.2) is 0 Å². The van der Waals surface area contributed by atoms with Crippen molar-refractivity contribution in [1.29, 1.82) is 0 Å². The molecule has 0 radical (unpaired) electrons. The molecule has 2 heteroatoms. The largest absolute Gasteiger partial charge is 0.462 e. The summed E-state index contributed by atoms with van der Waals surface area (Å²) in [5.74, 6) is 1.59. The van der Waals surface area contributed by atoms with E-state index in [0.717, 1.165) is 24.7 Å². The van der Waals surface area contributed by atoms with Gasteiger partial charge in [-0.2, -0.15) is 0 Å². The second-order valence-corrected chi connectivity index (χ2v) is 4.75. The fraction of sp³-hybridized carbons (Fsp3) is 0.909. The molecule has 0 atom stereocenters. The molecule has 0 amide bonds. The van der Waals surface area contributed by atoms with Crippen molar-refractivity contribution in [2.45, 2.75) is 52.1 Å². The minimum atomic E-state index is -0.173. The van der Waals surface area contributed by atoms with Crippen LogP contribution in [0.25, 0.3) is 0 Å². The Labute approximate surface area is 80.7 Å². The molecule has 0 N–H and O–H groups in total. The van der Waals surface area contributed by atoms with Crippen LogP contribution in [-0.4, -0.2) is 12.1 Å². The van der Waals surface area contributed by atoms with Crippen molar-refractivity contribution < 1.29 is 9.53 Å². The van der Waals surface area contributed by atoms with Crippen molar-refractivity contribution in [3.63, 3.8) is 0 Å². The van der Waals surface area contributed by atoms with Gasteiger partial charge >= 0.3 is 0 Å². The summed E-state index contributed by atoms with van der Waals surface area (Å²) in [5.41, 5.74) is -0.173. The first-order valence-corrected chi connectivity index (χ1v) is 5.19. The lowest BCUT2D eigenvalue weighted by molar-refractivity contribution is -0.146. The van der Waals surface area contributed by atoms with Gasteiger partial charge in [0.2, 0.25) is 0 Å². The molecule has 1 aliphatic carbocycles. The first kappa shape index (κ1) is 10.6. The summed E-state index contributed by atoms with van der Waals surface area (Å²) in [4.78, 5) is 10.3. The molecule has 0 aromatic heterocycles. The molecule has 2 nitrogen and oxygen atoms in total. The Morgan fingerprint density at radius 2 is 1.92 bits per heavy atom. The Bertz CT molecular complexity index is 167. The average Bonchev–Trinajstić information content (AvgIpc) is 2.05. The average molecular weight is 184 g/mol. The van der Waals surface area contributed by atoms with Gasteiger partial charge in [-0.3, -0.25) is 4.79 Å². The summed E-state index contributed by atoms with van der Waals surface area (Å²) < 4.78 is 5.12. The number of rotatable bonds is 3. The standard InChI is InChI=1S/C11H20O2/c1-9(2)10-4-6-11(3,7-5-10)13-8-12/h8-10H,4-7H2,1-3H3. The summed E-state index contributed by atoms with van der Waals surface area (Å²) in [5, 5.41) is 0. The highest BCUT2D eigenvalue weighted by atomic mass is 16.5. The van der Waals surface area contributed by atoms with Gasteiger partial charge in [0, 0.05) is 0 Å². The molecule has 0 unspecified atom stereocenters. The molecular formula is C11H20O2. The number of ether oxygens (including phenoxy) is 1. The lowest BCUT2D eigenvalue weighted by Crippen LogP contribution is -2.34. The van der Waals surface area contributed by atoms with E-state index in [1.165, 1.54) is 12.8 Å². The zero-order valence-corrected chi connectivity index (χ0v) is 8.88. The first-order valence-electron chi connectivity index (χ1n) is 5.19. The van der Waals surface area contributed by atoms with Crippen LogP contribution in [-0.2, 0) is 9.53 Å². The molecule has 0 aliphatic heterocycles. The van der Waals surface area contributed by atoms with E-state index < -0.39 is 0 Å². The van der Waals surface area contributed by atoms with Gasteiger partial charge in [-0.1, -0.05) is 13.8 Å². The molecule has 0 heterocycles. The molecule has 1 fully saturated rings. The van der Waals surface area contributed by atoms with Gasteiger partial charge in [0.05, 0.1) is 0 Å². The van der Waals surface area contributed by atoms with E-state index in [9.17, 15) is 4.79 Å². The highest BCUT2D eigenvalue weighted by molar-refractivity contribution is 5.38. The van der Waals surface area contributed by atoms with Crippen LogP contribution in [0, 0.1) is 11.8 Å². The molecule has 1 saturated carbocycles. The van der Waals surface area contributed by atoms with Crippen LogP contribution in [0.15, 0.2) is 0 Å². The molecule has 1 aliphatic rings. The van der Waals surface area contributed by atoms with E-state index in [2.05, 4.69) is 13.8 Å². The molecule has 0 saturated heterocycles. The van der Waals surface area contributed by atoms with Crippen LogP contribution >= 0.6 is 0 Å². The van der Waals surface area contributed by atoms with Crippen LogP contribution in [0.3, 0.4) is 0 Å². The van der Waals surface area contributed by atoms with Crippen molar-refractivity contribution in [2.24, 2.45) is 11.8 Å². The Balaban J connectivity index is 2.41. The third-order valence-electron chi connectivity index (χ3n) is 3.36. The third kappa shape index (κ3) is 2.71. The van der Waals surface area contributed by atoms with Gasteiger partial charge in [-0.05, 0) is 44.4 Å². The van der Waals surface area contributed by atoms with Gasteiger partial charge in [0.1, 0.15) is 5.60 Å².